The number of aryl methyl sites for hydroxylation is 2. The van der Waals surface area contributed by atoms with Gasteiger partial charge < -0.3 is 28.4 Å². The predicted molar refractivity (Wildman–Crippen MR) is 264 cm³/mol. The SMILES string of the molecule is CCCCCCCCOc1cc2c(cc1OC(=O)c1ccc(CCCC)cc1)Oc1c(Cl)c3c(cc1=N2)Oc1cc(OC(=O)c2ccc(CCCC)cc2)c(OCCCCCCCC)cc1N=3. The molecule has 0 saturated carbocycles. The van der Waals surface area contributed by atoms with E-state index in [1.165, 1.54) is 49.7 Å². The smallest absolute Gasteiger partial charge is 0.343 e. The average molecular weight is 930 g/mol. The first-order chi connectivity index (χ1) is 32.8. The van der Waals surface area contributed by atoms with Crippen molar-refractivity contribution in [3.63, 3.8) is 0 Å². The van der Waals surface area contributed by atoms with Gasteiger partial charge in [-0.25, -0.2) is 19.6 Å². The van der Waals surface area contributed by atoms with Crippen LogP contribution in [0.25, 0.3) is 0 Å². The van der Waals surface area contributed by atoms with Gasteiger partial charge in [0.1, 0.15) is 27.1 Å². The van der Waals surface area contributed by atoms with Crippen molar-refractivity contribution in [2.75, 3.05) is 13.2 Å². The molecule has 0 radical (unpaired) electrons. The van der Waals surface area contributed by atoms with E-state index in [4.69, 9.17) is 50.0 Å². The minimum absolute atomic E-state index is 0.185. The van der Waals surface area contributed by atoms with E-state index in [2.05, 4.69) is 27.7 Å². The van der Waals surface area contributed by atoms with Crippen LogP contribution < -0.4 is 39.1 Å². The summed E-state index contributed by atoms with van der Waals surface area (Å²) in [6, 6.07) is 23.5. The number of ether oxygens (including phenoxy) is 6. The molecule has 0 bridgehead atoms. The maximum absolute atomic E-state index is 13.6. The van der Waals surface area contributed by atoms with E-state index in [0.29, 0.717) is 75.2 Å². The van der Waals surface area contributed by atoms with Crippen molar-refractivity contribution < 1.29 is 38.0 Å². The summed E-state index contributed by atoms with van der Waals surface area (Å²) in [5, 5.41) is 0.942. The zero-order valence-corrected chi connectivity index (χ0v) is 40.4. The second-order valence-electron chi connectivity index (χ2n) is 17.5. The van der Waals surface area contributed by atoms with Crippen molar-refractivity contribution in [3.8, 4) is 46.0 Å². The Bertz CT molecular complexity index is 2590. The highest BCUT2D eigenvalue weighted by Crippen LogP contribution is 2.47. The Balaban J connectivity index is 1.16. The molecule has 2 heterocycles. The molecule has 0 spiro atoms. The first-order valence-electron chi connectivity index (χ1n) is 24.7. The quantitative estimate of drug-likeness (QED) is 0.0300. The second-order valence-corrected chi connectivity index (χ2v) is 17.8. The summed E-state index contributed by atoms with van der Waals surface area (Å²) in [6.07, 6.45) is 19.5. The van der Waals surface area contributed by atoms with E-state index < -0.39 is 11.9 Å². The van der Waals surface area contributed by atoms with Crippen LogP contribution in [0.15, 0.2) is 88.8 Å². The molecule has 0 aromatic heterocycles. The average Bonchev–Trinajstić information content (AvgIpc) is 3.34. The summed E-state index contributed by atoms with van der Waals surface area (Å²) in [6.45, 7) is 9.61. The number of hydrogen-bond acceptors (Lipinski definition) is 10. The minimum Gasteiger partial charge on any atom is -0.490 e. The third kappa shape index (κ3) is 13.2. The standard InChI is InChI=1S/C56H65ClN2O8/c1-5-9-13-15-17-19-31-62-47-33-42-46(37-50(47)67-56(61)41-29-25-39(26-30-41)22-12-8-4)65-54-44(58-42)35-51-53(52(54)57)59-43-34-48(63-32-20-18-16-14-10-6-2)49(36-45(43)64-51)66-55(60)40-27-23-38(24-28-40)21-11-7-3/h23-30,33-37H,5-22,31-32H2,1-4H3. The van der Waals surface area contributed by atoms with Gasteiger partial charge in [0.15, 0.2) is 46.0 Å². The van der Waals surface area contributed by atoms with Gasteiger partial charge in [-0.3, -0.25) is 0 Å². The third-order valence-electron chi connectivity index (χ3n) is 12.0. The van der Waals surface area contributed by atoms with Crippen LogP contribution in [0, 0.1) is 0 Å². The molecule has 2 aliphatic heterocycles. The Morgan fingerprint density at radius 2 is 0.940 bits per heavy atom. The molecule has 0 fully saturated rings. The molecule has 354 valence electrons. The van der Waals surface area contributed by atoms with E-state index in [1.807, 2.05) is 24.3 Å². The molecule has 7 rings (SSSR count). The van der Waals surface area contributed by atoms with E-state index in [0.717, 1.165) is 77.0 Å². The fourth-order valence-electron chi connectivity index (χ4n) is 8.03. The molecule has 0 atom stereocenters. The third-order valence-corrected chi connectivity index (χ3v) is 12.4. The van der Waals surface area contributed by atoms with Crippen LogP contribution in [-0.2, 0) is 12.8 Å². The van der Waals surface area contributed by atoms with E-state index in [1.54, 1.807) is 54.6 Å². The van der Waals surface area contributed by atoms with Crippen molar-refractivity contribution in [1.29, 1.82) is 0 Å². The molecule has 11 heteroatoms. The van der Waals surface area contributed by atoms with E-state index >= 15 is 0 Å². The number of unbranched alkanes of at least 4 members (excludes halogenated alkanes) is 12. The fraction of sp³-hybridized carbons (Fsp3) is 0.429. The summed E-state index contributed by atoms with van der Waals surface area (Å²) in [5.41, 5.74) is 4.12. The van der Waals surface area contributed by atoms with Crippen molar-refractivity contribution in [2.45, 2.75) is 143 Å². The predicted octanol–water partition coefficient (Wildman–Crippen LogP) is 15.1. The largest absolute Gasteiger partial charge is 0.490 e. The molecule has 0 saturated heterocycles. The molecule has 0 N–H and O–H groups in total. The van der Waals surface area contributed by atoms with Crippen LogP contribution in [0.4, 0.5) is 11.4 Å². The molecule has 0 amide bonds. The number of rotatable bonds is 26. The zero-order valence-electron chi connectivity index (χ0n) is 39.7. The number of carbonyl (C=O) groups is 2. The Morgan fingerprint density at radius 1 is 0.493 bits per heavy atom. The lowest BCUT2D eigenvalue weighted by Gasteiger charge is -2.22. The second kappa shape index (κ2) is 24.8. The van der Waals surface area contributed by atoms with Crippen molar-refractivity contribution >= 4 is 34.9 Å². The Hall–Kier alpha value is -5.87. The van der Waals surface area contributed by atoms with E-state index in [-0.39, 0.29) is 22.3 Å². The summed E-state index contributed by atoms with van der Waals surface area (Å²) >= 11 is 7.12. The van der Waals surface area contributed by atoms with Gasteiger partial charge in [-0.1, -0.05) is 141 Å². The van der Waals surface area contributed by atoms with Crippen molar-refractivity contribution in [2.24, 2.45) is 9.98 Å². The van der Waals surface area contributed by atoms with Crippen LogP contribution in [-0.4, -0.2) is 25.2 Å². The first-order valence-corrected chi connectivity index (χ1v) is 25.1. The van der Waals surface area contributed by atoms with Gasteiger partial charge in [-0.05, 0) is 73.9 Å². The summed E-state index contributed by atoms with van der Waals surface area (Å²) < 4.78 is 37.6. The maximum atomic E-state index is 13.6. The van der Waals surface area contributed by atoms with Gasteiger partial charge in [0, 0.05) is 30.3 Å². The highest BCUT2D eigenvalue weighted by molar-refractivity contribution is 6.32. The number of halogens is 1. The Morgan fingerprint density at radius 3 is 1.43 bits per heavy atom. The summed E-state index contributed by atoms with van der Waals surface area (Å²) in [5.74, 6) is 1.49. The van der Waals surface area contributed by atoms with Gasteiger partial charge >= 0.3 is 11.9 Å². The van der Waals surface area contributed by atoms with E-state index in [9.17, 15) is 9.59 Å². The van der Waals surface area contributed by atoms with Gasteiger partial charge in [-0.2, -0.15) is 0 Å². The lowest BCUT2D eigenvalue weighted by molar-refractivity contribution is 0.0718. The van der Waals surface area contributed by atoms with Gasteiger partial charge in [0.25, 0.3) is 0 Å². The highest BCUT2D eigenvalue weighted by atomic mass is 35.5. The van der Waals surface area contributed by atoms with Gasteiger partial charge in [0.2, 0.25) is 0 Å². The fourth-order valence-corrected chi connectivity index (χ4v) is 8.31. The normalized spacial score (nSPS) is 12.0. The van der Waals surface area contributed by atoms with Crippen LogP contribution in [0.5, 0.6) is 46.0 Å². The molecule has 5 aromatic carbocycles. The number of fused-ring (bicyclic) bond motifs is 4. The Kier molecular flexibility index (Phi) is 18.1. The lowest BCUT2D eigenvalue weighted by atomic mass is 10.1. The first kappa shape index (κ1) is 49.0. The topological polar surface area (TPSA) is 114 Å². The monoisotopic (exact) mass is 928 g/mol. The molecular weight excluding hydrogens is 864 g/mol. The molecule has 0 aliphatic carbocycles. The zero-order chi connectivity index (χ0) is 47.0. The Labute approximate surface area is 400 Å². The number of esters is 2. The molecule has 5 aromatic rings. The number of nitrogens with zero attached hydrogens (tertiary/aromatic N) is 2. The highest BCUT2D eigenvalue weighted by Gasteiger charge is 2.27. The van der Waals surface area contributed by atoms with Crippen LogP contribution in [0.1, 0.15) is 162 Å². The number of carbonyl (C=O) groups excluding carboxylic acids is 2. The maximum Gasteiger partial charge on any atom is 0.343 e. The van der Waals surface area contributed by atoms with Crippen LogP contribution in [0.2, 0.25) is 5.02 Å². The molecule has 67 heavy (non-hydrogen) atoms. The summed E-state index contributed by atoms with van der Waals surface area (Å²) in [4.78, 5) is 37.0. The van der Waals surface area contributed by atoms with Crippen LogP contribution in [0.3, 0.4) is 0 Å². The molecular formula is C56H65ClN2O8. The molecule has 10 nitrogen and oxygen atoms in total. The van der Waals surface area contributed by atoms with Crippen molar-refractivity contribution in [1.82, 2.24) is 0 Å². The number of benzene rings is 5. The summed E-state index contributed by atoms with van der Waals surface area (Å²) in [7, 11) is 0. The number of hydrogen-bond donors (Lipinski definition) is 0. The molecule has 0 unspecified atom stereocenters. The minimum atomic E-state index is -0.508. The van der Waals surface area contributed by atoms with Crippen LogP contribution >= 0.6 is 11.6 Å². The van der Waals surface area contributed by atoms with Gasteiger partial charge in [0.05, 0.1) is 24.3 Å². The molecule has 2 aliphatic rings. The lowest BCUT2D eigenvalue weighted by Crippen LogP contribution is -2.20. The van der Waals surface area contributed by atoms with Gasteiger partial charge in [-0.15, -0.1) is 0 Å². The van der Waals surface area contributed by atoms with Crippen molar-refractivity contribution in [3.05, 3.63) is 117 Å².